The van der Waals surface area contributed by atoms with Gasteiger partial charge in [-0.2, -0.15) is 0 Å². The summed E-state index contributed by atoms with van der Waals surface area (Å²) >= 11 is 0. The maximum atomic E-state index is 3.76. The summed E-state index contributed by atoms with van der Waals surface area (Å²) in [6, 6.07) is 2.85. The van der Waals surface area contributed by atoms with Crippen LogP contribution in [0.1, 0.15) is 6.92 Å². The Morgan fingerprint density at radius 1 is 1.67 bits per heavy atom. The van der Waals surface area contributed by atoms with Gasteiger partial charge in [0.25, 0.3) is 0 Å². The van der Waals surface area contributed by atoms with Gasteiger partial charge in [0.05, 0.1) is 0 Å². The molecule has 0 aromatic carbocycles. The van der Waals surface area contributed by atoms with Gasteiger partial charge in [-0.25, -0.2) is 0 Å². The molecule has 9 heavy (non-hydrogen) atoms. The molecule has 0 saturated heterocycles. The first-order chi connectivity index (χ1) is 4.31. The number of hydrogen-bond acceptors (Lipinski definition) is 0. The van der Waals surface area contributed by atoms with Crippen molar-refractivity contribution in [2.75, 3.05) is 0 Å². The molecule has 0 N–H and O–H groups in total. The fourth-order valence-corrected chi connectivity index (χ4v) is 6.89. The number of rotatable bonds is 5. The van der Waals surface area contributed by atoms with Crippen molar-refractivity contribution < 1.29 is 0 Å². The van der Waals surface area contributed by atoms with E-state index in [1.807, 2.05) is 0 Å². The fourth-order valence-electron chi connectivity index (χ4n) is 0.955. The zero-order valence-corrected chi connectivity index (χ0v) is 9.26. The van der Waals surface area contributed by atoms with Gasteiger partial charge >= 0.3 is 0 Å². The molecule has 0 bridgehead atoms. The fraction of sp³-hybridized carbons (Fsp3) is 0.714. The topological polar surface area (TPSA) is 0 Å². The molecule has 0 aromatic rings. The first kappa shape index (κ1) is 9.17. The minimum atomic E-state index is -0.276. The highest BCUT2D eigenvalue weighted by atomic mass is 28.3. The molecule has 0 aliphatic carbocycles. The van der Waals surface area contributed by atoms with Gasteiger partial charge in [0, 0.05) is 18.3 Å². The van der Waals surface area contributed by atoms with Crippen LogP contribution in [0, 0.1) is 0 Å². The maximum Gasteiger partial charge on any atom is 0.0344 e. The lowest BCUT2D eigenvalue weighted by atomic mass is 10.8. The first-order valence-electron chi connectivity index (χ1n) is 3.92. The summed E-state index contributed by atoms with van der Waals surface area (Å²) in [4.78, 5) is 0. The van der Waals surface area contributed by atoms with E-state index in [0.29, 0.717) is 9.52 Å². The van der Waals surface area contributed by atoms with E-state index in [9.17, 15) is 0 Å². The molecule has 0 rings (SSSR count). The predicted octanol–water partition coefficient (Wildman–Crippen LogP) is 1.59. The Hall–Kier alpha value is 0.174. The van der Waals surface area contributed by atoms with Gasteiger partial charge in [-0.15, -0.1) is 6.58 Å². The highest BCUT2D eigenvalue weighted by Gasteiger charge is 1.98. The summed E-state index contributed by atoms with van der Waals surface area (Å²) in [5.74, 6) is 0. The van der Waals surface area contributed by atoms with Crippen LogP contribution in [-0.2, 0) is 0 Å². The molecule has 0 fully saturated rings. The van der Waals surface area contributed by atoms with Crippen molar-refractivity contribution in [3.8, 4) is 0 Å². The zero-order valence-electron chi connectivity index (χ0n) is 6.69. The van der Waals surface area contributed by atoms with Gasteiger partial charge in [-0.05, 0) is 6.04 Å². The molecule has 0 nitrogen and oxygen atoms in total. The summed E-state index contributed by atoms with van der Waals surface area (Å²) in [6.45, 7) is 8.54. The standard InChI is InChI=1S/C7H18Si2/c1-4-6-9(3)7-8-5-2/h4,9H,1,5-8H2,2-3H3. The second kappa shape index (κ2) is 6.30. The molecule has 1 atom stereocenters. The monoisotopic (exact) mass is 158 g/mol. The van der Waals surface area contributed by atoms with Crippen LogP contribution in [0.25, 0.3) is 0 Å². The van der Waals surface area contributed by atoms with Crippen LogP contribution in [0.15, 0.2) is 12.7 Å². The molecular weight excluding hydrogens is 140 g/mol. The van der Waals surface area contributed by atoms with E-state index in [1.54, 1.807) is 5.67 Å². The van der Waals surface area contributed by atoms with E-state index in [0.717, 1.165) is 0 Å². The normalized spacial score (nSPS) is 14.4. The van der Waals surface area contributed by atoms with Crippen LogP contribution in [0.2, 0.25) is 24.3 Å². The Bertz CT molecular complexity index is 71.3. The Morgan fingerprint density at radius 3 is 2.78 bits per heavy atom. The molecule has 0 spiro atoms. The summed E-state index contributed by atoms with van der Waals surface area (Å²) in [7, 11) is 0.0918. The second-order valence-electron chi connectivity index (χ2n) is 2.77. The van der Waals surface area contributed by atoms with Gasteiger partial charge in [-0.1, -0.05) is 31.3 Å². The molecule has 1 unspecified atom stereocenters. The van der Waals surface area contributed by atoms with E-state index >= 15 is 0 Å². The minimum absolute atomic E-state index is 0.276. The van der Waals surface area contributed by atoms with Crippen LogP contribution in [-0.4, -0.2) is 18.3 Å². The summed E-state index contributed by atoms with van der Waals surface area (Å²) < 4.78 is 0. The minimum Gasteiger partial charge on any atom is -0.103 e. The molecule has 0 amide bonds. The van der Waals surface area contributed by atoms with Crippen molar-refractivity contribution in [1.82, 2.24) is 0 Å². The largest absolute Gasteiger partial charge is 0.103 e. The lowest BCUT2D eigenvalue weighted by molar-refractivity contribution is 1.43. The Labute approximate surface area is 62.8 Å². The van der Waals surface area contributed by atoms with Crippen molar-refractivity contribution in [2.24, 2.45) is 0 Å². The molecule has 0 saturated carbocycles. The first-order valence-corrected chi connectivity index (χ1v) is 8.71. The van der Waals surface area contributed by atoms with Crippen molar-refractivity contribution in [3.05, 3.63) is 12.7 Å². The van der Waals surface area contributed by atoms with Crippen molar-refractivity contribution in [2.45, 2.75) is 31.2 Å². The Kier molecular flexibility index (Phi) is 6.42. The lowest BCUT2D eigenvalue weighted by Gasteiger charge is -2.02. The lowest BCUT2D eigenvalue weighted by Crippen LogP contribution is -2.08. The summed E-state index contributed by atoms with van der Waals surface area (Å²) in [5.41, 5.74) is 1.64. The Morgan fingerprint density at radius 2 is 2.33 bits per heavy atom. The van der Waals surface area contributed by atoms with Crippen molar-refractivity contribution >= 4 is 18.3 Å². The third-order valence-electron chi connectivity index (χ3n) is 1.62. The average Bonchev–Trinajstić information content (AvgIpc) is 1.85. The number of hydrogen-bond donors (Lipinski definition) is 0. The summed E-state index contributed by atoms with van der Waals surface area (Å²) in [6.07, 6.45) is 2.10. The smallest absolute Gasteiger partial charge is 0.0344 e. The van der Waals surface area contributed by atoms with Crippen LogP contribution in [0.4, 0.5) is 0 Å². The van der Waals surface area contributed by atoms with Crippen LogP contribution in [0.5, 0.6) is 0 Å². The quantitative estimate of drug-likeness (QED) is 0.421. The zero-order chi connectivity index (χ0) is 7.11. The molecule has 0 heterocycles. The van der Waals surface area contributed by atoms with E-state index < -0.39 is 0 Å². The SMILES string of the molecule is C=CC[SiH](C)C[SiH2]CC. The van der Waals surface area contributed by atoms with Crippen molar-refractivity contribution in [1.29, 1.82) is 0 Å². The number of allylic oxidation sites excluding steroid dienone is 1. The van der Waals surface area contributed by atoms with Crippen LogP contribution >= 0.6 is 0 Å². The van der Waals surface area contributed by atoms with Crippen LogP contribution in [0.3, 0.4) is 0 Å². The van der Waals surface area contributed by atoms with Crippen molar-refractivity contribution in [3.63, 3.8) is 0 Å². The van der Waals surface area contributed by atoms with Gasteiger partial charge in [0.2, 0.25) is 0 Å². The third kappa shape index (κ3) is 6.05. The highest BCUT2D eigenvalue weighted by Crippen LogP contribution is 1.98. The maximum absolute atomic E-state index is 3.76. The van der Waals surface area contributed by atoms with E-state index in [2.05, 4.69) is 26.1 Å². The molecule has 0 aliphatic heterocycles. The van der Waals surface area contributed by atoms with E-state index in [4.69, 9.17) is 0 Å². The van der Waals surface area contributed by atoms with Gasteiger partial charge in [0.1, 0.15) is 0 Å². The van der Waals surface area contributed by atoms with Gasteiger partial charge in [-0.3, -0.25) is 0 Å². The third-order valence-corrected chi connectivity index (χ3v) is 9.04. The summed E-state index contributed by atoms with van der Waals surface area (Å²) in [5, 5.41) is 0. The molecule has 0 radical (unpaired) electrons. The van der Waals surface area contributed by atoms with E-state index in [-0.39, 0.29) is 8.80 Å². The molecule has 54 valence electrons. The van der Waals surface area contributed by atoms with E-state index in [1.165, 1.54) is 12.1 Å². The molecule has 2 heteroatoms. The molecule has 0 aliphatic rings. The van der Waals surface area contributed by atoms with Crippen LogP contribution < -0.4 is 0 Å². The highest BCUT2D eigenvalue weighted by molar-refractivity contribution is 6.68. The van der Waals surface area contributed by atoms with Gasteiger partial charge in [0.15, 0.2) is 0 Å². The predicted molar refractivity (Wildman–Crippen MR) is 51.8 cm³/mol. The molecular formula is C7H18Si2. The average molecular weight is 158 g/mol. The Balaban J connectivity index is 3.04. The molecule has 0 aromatic heterocycles. The second-order valence-corrected chi connectivity index (χ2v) is 9.47. The van der Waals surface area contributed by atoms with Gasteiger partial charge < -0.3 is 0 Å².